The summed E-state index contributed by atoms with van der Waals surface area (Å²) < 4.78 is 7.02. The van der Waals surface area contributed by atoms with Crippen LogP contribution in [0.4, 0.5) is 0 Å². The van der Waals surface area contributed by atoms with Gasteiger partial charge in [0.1, 0.15) is 0 Å². The number of unbranched alkanes of at least 4 members (excludes halogenated alkanes) is 3. The molecule has 0 unspecified atom stereocenters. The summed E-state index contributed by atoms with van der Waals surface area (Å²) >= 11 is 0.0569. The first kappa shape index (κ1) is 21.9. The van der Waals surface area contributed by atoms with Crippen LogP contribution in [0.25, 0.3) is 0 Å². The van der Waals surface area contributed by atoms with Crippen molar-refractivity contribution in [3.8, 4) is 0 Å². The van der Waals surface area contributed by atoms with E-state index in [2.05, 4.69) is 66.3 Å². The van der Waals surface area contributed by atoms with E-state index >= 15 is 0 Å². The van der Waals surface area contributed by atoms with Crippen molar-refractivity contribution in [2.75, 3.05) is 0 Å². The third-order valence-corrected chi connectivity index (χ3v) is 24.1. The summed E-state index contributed by atoms with van der Waals surface area (Å²) in [6.45, 7) is 16.6. The Morgan fingerprint density at radius 3 is 1.48 bits per heavy atom. The Labute approximate surface area is 143 Å². The zero-order valence-electron chi connectivity index (χ0n) is 15.8. The predicted octanol–water partition coefficient (Wildman–Crippen LogP) is 7.81. The molecule has 0 amide bonds. The molecule has 0 aromatic heterocycles. The topological polar surface area (TPSA) is 0 Å². The van der Waals surface area contributed by atoms with E-state index in [1.54, 1.807) is 13.3 Å². The van der Waals surface area contributed by atoms with Gasteiger partial charge in [-0.25, -0.2) is 0 Å². The molecule has 2 heteroatoms. The fourth-order valence-corrected chi connectivity index (χ4v) is 25.4. The Kier molecular flexibility index (Phi) is 11.9. The van der Waals surface area contributed by atoms with Crippen molar-refractivity contribution in [2.24, 2.45) is 0 Å². The molecular weight excluding hydrogens is 379 g/mol. The minimum absolute atomic E-state index is 0.370. The predicted molar refractivity (Wildman–Crippen MR) is 106 cm³/mol. The number of hydrogen-bond acceptors (Lipinski definition) is 1. The van der Waals surface area contributed by atoms with Crippen LogP contribution in [-0.4, -0.2) is 23.1 Å². The molecule has 0 aliphatic heterocycles. The van der Waals surface area contributed by atoms with Gasteiger partial charge in [-0.3, -0.25) is 0 Å². The third kappa shape index (κ3) is 8.93. The van der Waals surface area contributed by atoms with Crippen LogP contribution in [0.2, 0.25) is 13.3 Å². The van der Waals surface area contributed by atoms with Crippen LogP contribution in [0.15, 0.2) is 9.00 Å². The van der Waals surface area contributed by atoms with Gasteiger partial charge in [-0.15, -0.1) is 0 Å². The molecule has 0 fully saturated rings. The first-order valence-electron chi connectivity index (χ1n) is 9.21. The second kappa shape index (κ2) is 11.4. The van der Waals surface area contributed by atoms with Gasteiger partial charge in [0.2, 0.25) is 0 Å². The number of rotatable bonds is 11. The van der Waals surface area contributed by atoms with Crippen LogP contribution in [0, 0.1) is 0 Å². The summed E-state index contributed by atoms with van der Waals surface area (Å²) in [5.74, 6) is 0. The van der Waals surface area contributed by atoms with E-state index in [4.69, 9.17) is 0 Å². The van der Waals surface area contributed by atoms with Gasteiger partial charge in [-0.2, -0.15) is 0 Å². The molecule has 0 saturated heterocycles. The maximum atomic E-state index is 2.52. The van der Waals surface area contributed by atoms with Gasteiger partial charge in [-0.1, -0.05) is 0 Å². The van der Waals surface area contributed by atoms with Crippen LogP contribution >= 0.6 is 11.8 Å². The molecule has 0 nitrogen and oxygen atoms in total. The molecule has 126 valence electrons. The van der Waals surface area contributed by atoms with Gasteiger partial charge < -0.3 is 0 Å². The average Bonchev–Trinajstić information content (AvgIpc) is 2.43. The first-order chi connectivity index (χ1) is 9.85. The summed E-state index contributed by atoms with van der Waals surface area (Å²) in [4.78, 5) is 0. The molecular formula is C19H40SSn. The molecule has 0 N–H and O–H groups in total. The number of hydrogen-bond donors (Lipinski definition) is 0. The Hall–Kier alpha value is 0.889. The quantitative estimate of drug-likeness (QED) is 0.308. The van der Waals surface area contributed by atoms with Crippen molar-refractivity contribution in [1.29, 1.82) is 0 Å². The molecule has 0 rings (SSSR count). The number of allylic oxidation sites excluding steroid dienone is 1. The molecule has 21 heavy (non-hydrogen) atoms. The monoisotopic (exact) mass is 420 g/mol. The molecule has 0 heterocycles. The summed E-state index contributed by atoms with van der Waals surface area (Å²) in [5.41, 5.74) is 0. The van der Waals surface area contributed by atoms with E-state index in [-0.39, 0.29) is 0 Å². The van der Waals surface area contributed by atoms with Crippen molar-refractivity contribution < 1.29 is 0 Å². The van der Waals surface area contributed by atoms with Gasteiger partial charge in [-0.05, 0) is 0 Å². The van der Waals surface area contributed by atoms with Crippen molar-refractivity contribution in [3.05, 3.63) is 9.00 Å². The summed E-state index contributed by atoms with van der Waals surface area (Å²) in [7, 11) is 0. The molecule has 0 spiro atoms. The average molecular weight is 419 g/mol. The van der Waals surface area contributed by atoms with E-state index in [1.165, 1.54) is 38.5 Å². The van der Waals surface area contributed by atoms with Gasteiger partial charge in [0.25, 0.3) is 0 Å². The van der Waals surface area contributed by atoms with Gasteiger partial charge >= 0.3 is 144 Å². The van der Waals surface area contributed by atoms with E-state index in [0.29, 0.717) is 4.75 Å². The van der Waals surface area contributed by atoms with Crippen molar-refractivity contribution in [1.82, 2.24) is 0 Å². The van der Waals surface area contributed by atoms with Crippen LogP contribution < -0.4 is 0 Å². The van der Waals surface area contributed by atoms with Gasteiger partial charge in [0.05, 0.1) is 0 Å². The van der Waals surface area contributed by atoms with E-state index in [9.17, 15) is 0 Å². The molecule has 0 aliphatic rings. The van der Waals surface area contributed by atoms with E-state index in [1.807, 2.05) is 2.92 Å². The Morgan fingerprint density at radius 2 is 1.24 bits per heavy atom. The fraction of sp³-hybridized carbons (Fsp3) is 0.895. The third-order valence-electron chi connectivity index (χ3n) is 4.23. The van der Waals surface area contributed by atoms with Crippen LogP contribution in [0.3, 0.4) is 0 Å². The zero-order valence-corrected chi connectivity index (χ0v) is 19.5. The summed E-state index contributed by atoms with van der Waals surface area (Å²) in [6.07, 6.45) is 11.0. The SMILES string of the molecule is C/C=[C](\SC(C)(C)C)[Sn]([CH2]CCC)([CH2]CCC)[CH2]CCC. The van der Waals surface area contributed by atoms with Crippen LogP contribution in [0.1, 0.15) is 87.0 Å². The molecule has 0 atom stereocenters. The standard InChI is InChI=1S/C7H13S.3C4H9.Sn/c1-5-6-8-7(2,3)4;3*1-3-4-2;/h5H,1-4H3;3*1,3-4H2,2H3;. The van der Waals surface area contributed by atoms with Crippen molar-refractivity contribution in [2.45, 2.75) is 105 Å². The molecule has 0 saturated carbocycles. The second-order valence-electron chi connectivity index (χ2n) is 7.46. The molecule has 0 aliphatic carbocycles. The normalized spacial score (nSPS) is 13.8. The van der Waals surface area contributed by atoms with Crippen LogP contribution in [-0.2, 0) is 0 Å². The van der Waals surface area contributed by atoms with Gasteiger partial charge in [0.15, 0.2) is 0 Å². The maximum absolute atomic E-state index is 2.52. The zero-order chi connectivity index (χ0) is 16.4. The van der Waals surface area contributed by atoms with E-state index in [0.717, 1.165) is 0 Å². The van der Waals surface area contributed by atoms with Gasteiger partial charge in [0, 0.05) is 0 Å². The Balaban J connectivity index is 5.33. The molecule has 0 aromatic rings. The molecule has 0 aromatic carbocycles. The summed E-state index contributed by atoms with van der Waals surface area (Å²) in [5, 5.41) is 0. The Bertz CT molecular complexity index is 267. The van der Waals surface area contributed by atoms with Crippen molar-refractivity contribution >= 4 is 30.1 Å². The summed E-state index contributed by atoms with van der Waals surface area (Å²) in [6, 6.07) is 0. The van der Waals surface area contributed by atoms with E-state index < -0.39 is 18.4 Å². The molecule has 0 bridgehead atoms. The van der Waals surface area contributed by atoms with Crippen LogP contribution in [0.5, 0.6) is 0 Å². The minimum atomic E-state index is -2.16. The fourth-order valence-electron chi connectivity index (χ4n) is 3.09. The molecule has 0 radical (unpaired) electrons. The number of thioether (sulfide) groups is 1. The first-order valence-corrected chi connectivity index (χ1v) is 17.5. The second-order valence-corrected chi connectivity index (χ2v) is 23.5. The Morgan fingerprint density at radius 1 is 0.857 bits per heavy atom. The van der Waals surface area contributed by atoms with Crippen molar-refractivity contribution in [3.63, 3.8) is 0 Å².